The summed E-state index contributed by atoms with van der Waals surface area (Å²) >= 11 is 0. The van der Waals surface area contributed by atoms with Crippen LogP contribution in [0.5, 0.6) is 5.88 Å². The van der Waals surface area contributed by atoms with E-state index in [9.17, 15) is 0 Å². The third-order valence-electron chi connectivity index (χ3n) is 3.81. The highest BCUT2D eigenvalue weighted by Crippen LogP contribution is 2.29. The normalized spacial score (nSPS) is 10.1. The highest BCUT2D eigenvalue weighted by molar-refractivity contribution is 5.85. The van der Waals surface area contributed by atoms with Gasteiger partial charge in [-0.2, -0.15) is 0 Å². The zero-order chi connectivity index (χ0) is 16.8. The average molecular weight is 394 g/mol. The van der Waals surface area contributed by atoms with Crippen molar-refractivity contribution in [1.29, 1.82) is 0 Å². The number of hydrogen-bond donors (Lipinski definition) is 0. The predicted molar refractivity (Wildman–Crippen MR) is 111 cm³/mol. The van der Waals surface area contributed by atoms with Crippen molar-refractivity contribution in [2.45, 2.75) is 13.2 Å². The lowest BCUT2D eigenvalue weighted by molar-refractivity contribution is 0.288. The molecule has 0 fully saturated rings. The van der Waals surface area contributed by atoms with Gasteiger partial charge in [-0.25, -0.2) is 0 Å². The maximum Gasteiger partial charge on any atom is 0.241 e. The first-order valence-electron chi connectivity index (χ1n) is 8.17. The second kappa shape index (κ2) is 10.9. The van der Waals surface area contributed by atoms with Crippen LogP contribution in [-0.2, 0) is 13.2 Å². The summed E-state index contributed by atoms with van der Waals surface area (Å²) in [6.45, 7) is 2.29. The van der Waals surface area contributed by atoms with Crippen LogP contribution < -0.4 is 4.74 Å². The molecule has 0 radical (unpaired) electrons. The van der Waals surface area contributed by atoms with Crippen LogP contribution in [-0.4, -0.2) is 35.3 Å². The zero-order valence-corrected chi connectivity index (χ0v) is 16.7. The Labute approximate surface area is 167 Å². The summed E-state index contributed by atoms with van der Waals surface area (Å²) in [5.41, 5.74) is 3.29. The van der Waals surface area contributed by atoms with Gasteiger partial charge in [0.2, 0.25) is 5.88 Å². The van der Waals surface area contributed by atoms with E-state index in [0.717, 1.165) is 29.8 Å². The quantitative estimate of drug-likeness (QED) is 0.590. The van der Waals surface area contributed by atoms with Gasteiger partial charge >= 0.3 is 0 Å². The SMILES string of the molecule is CN(C)CCn1cc(-c2ccccc2)c(OCc2ccccc2)n1.Cl.Cl. The summed E-state index contributed by atoms with van der Waals surface area (Å²) in [5.74, 6) is 0.684. The largest absolute Gasteiger partial charge is 0.471 e. The van der Waals surface area contributed by atoms with Crippen molar-refractivity contribution >= 4 is 24.8 Å². The summed E-state index contributed by atoms with van der Waals surface area (Å²) in [6.07, 6.45) is 2.07. The standard InChI is InChI=1S/C20H23N3O.2ClH/c1-22(2)13-14-23-15-19(18-11-7-4-8-12-18)20(21-23)24-16-17-9-5-3-6-10-17;;/h3-12,15H,13-14,16H2,1-2H3;2*1H. The number of ether oxygens (including phenoxy) is 1. The summed E-state index contributed by atoms with van der Waals surface area (Å²) in [4.78, 5) is 2.15. The van der Waals surface area contributed by atoms with Crippen molar-refractivity contribution in [2.24, 2.45) is 0 Å². The van der Waals surface area contributed by atoms with Gasteiger partial charge in [-0.15, -0.1) is 29.9 Å². The Morgan fingerprint density at radius 3 is 2.15 bits per heavy atom. The molecule has 26 heavy (non-hydrogen) atoms. The molecule has 0 bridgehead atoms. The van der Waals surface area contributed by atoms with Crippen molar-refractivity contribution in [1.82, 2.24) is 14.7 Å². The minimum Gasteiger partial charge on any atom is -0.471 e. The van der Waals surface area contributed by atoms with Crippen LogP contribution >= 0.6 is 24.8 Å². The maximum absolute atomic E-state index is 6.02. The number of hydrogen-bond acceptors (Lipinski definition) is 3. The van der Waals surface area contributed by atoms with Crippen molar-refractivity contribution in [2.75, 3.05) is 20.6 Å². The Morgan fingerprint density at radius 2 is 1.54 bits per heavy atom. The zero-order valence-electron chi connectivity index (χ0n) is 15.0. The minimum atomic E-state index is 0. The van der Waals surface area contributed by atoms with E-state index >= 15 is 0 Å². The third kappa shape index (κ3) is 6.06. The van der Waals surface area contributed by atoms with E-state index in [4.69, 9.17) is 4.74 Å². The minimum absolute atomic E-state index is 0. The highest BCUT2D eigenvalue weighted by Gasteiger charge is 2.12. The summed E-state index contributed by atoms with van der Waals surface area (Å²) in [5, 5.41) is 4.64. The molecular formula is C20H25Cl2N3O. The topological polar surface area (TPSA) is 30.3 Å². The summed E-state index contributed by atoms with van der Waals surface area (Å²) in [6, 6.07) is 20.4. The van der Waals surface area contributed by atoms with Gasteiger partial charge in [0.05, 0.1) is 12.1 Å². The van der Waals surface area contributed by atoms with E-state index in [1.54, 1.807) is 0 Å². The first-order valence-corrected chi connectivity index (χ1v) is 8.17. The van der Waals surface area contributed by atoms with E-state index in [2.05, 4.69) is 54.6 Å². The lowest BCUT2D eigenvalue weighted by atomic mass is 10.1. The van der Waals surface area contributed by atoms with Crippen LogP contribution in [0.25, 0.3) is 11.1 Å². The maximum atomic E-state index is 6.02. The van der Waals surface area contributed by atoms with Gasteiger partial charge in [0, 0.05) is 12.7 Å². The second-order valence-corrected chi connectivity index (χ2v) is 6.05. The van der Waals surface area contributed by atoms with E-state index in [0.29, 0.717) is 12.5 Å². The van der Waals surface area contributed by atoms with Gasteiger partial charge in [-0.3, -0.25) is 4.68 Å². The van der Waals surface area contributed by atoms with Gasteiger partial charge in [-0.05, 0) is 25.2 Å². The fourth-order valence-corrected chi connectivity index (χ4v) is 2.47. The van der Waals surface area contributed by atoms with E-state index in [-0.39, 0.29) is 24.8 Å². The number of rotatable bonds is 7. The Bertz CT molecular complexity index is 761. The molecule has 0 aliphatic carbocycles. The van der Waals surface area contributed by atoms with Gasteiger partial charge in [0.25, 0.3) is 0 Å². The molecule has 0 unspecified atom stereocenters. The first kappa shape index (κ1) is 22.0. The molecule has 0 saturated heterocycles. The number of nitrogens with zero attached hydrogens (tertiary/aromatic N) is 3. The molecule has 2 aromatic carbocycles. The van der Waals surface area contributed by atoms with Gasteiger partial charge in [0.1, 0.15) is 6.61 Å². The fraction of sp³-hybridized carbons (Fsp3) is 0.250. The molecule has 0 atom stereocenters. The molecule has 3 rings (SSSR count). The molecule has 140 valence electrons. The molecule has 6 heteroatoms. The molecule has 0 N–H and O–H groups in total. The van der Waals surface area contributed by atoms with Crippen LogP contribution in [0, 0.1) is 0 Å². The first-order chi connectivity index (χ1) is 11.7. The predicted octanol–water partition coefficient (Wildman–Crippen LogP) is 4.53. The van der Waals surface area contributed by atoms with Crippen LogP contribution in [0.3, 0.4) is 0 Å². The molecule has 0 spiro atoms. The summed E-state index contributed by atoms with van der Waals surface area (Å²) < 4.78 is 7.98. The number of aromatic nitrogens is 2. The van der Waals surface area contributed by atoms with Crippen LogP contribution in [0.1, 0.15) is 5.56 Å². The van der Waals surface area contributed by atoms with Crippen LogP contribution in [0.4, 0.5) is 0 Å². The Kier molecular flexibility index (Phi) is 9.21. The number of benzene rings is 2. The van der Waals surface area contributed by atoms with Crippen molar-refractivity contribution < 1.29 is 4.74 Å². The molecule has 3 aromatic rings. The van der Waals surface area contributed by atoms with E-state index < -0.39 is 0 Å². The average Bonchev–Trinajstić information content (AvgIpc) is 3.03. The fourth-order valence-electron chi connectivity index (χ4n) is 2.47. The van der Waals surface area contributed by atoms with Gasteiger partial charge < -0.3 is 9.64 Å². The molecule has 1 aromatic heterocycles. The molecule has 0 saturated carbocycles. The molecule has 4 nitrogen and oxygen atoms in total. The van der Waals surface area contributed by atoms with E-state index in [1.807, 2.05) is 41.1 Å². The van der Waals surface area contributed by atoms with Crippen molar-refractivity contribution in [3.63, 3.8) is 0 Å². The lowest BCUT2D eigenvalue weighted by Gasteiger charge is -2.08. The smallest absolute Gasteiger partial charge is 0.241 e. The van der Waals surface area contributed by atoms with Crippen molar-refractivity contribution in [3.8, 4) is 17.0 Å². The molecule has 0 aliphatic rings. The second-order valence-electron chi connectivity index (χ2n) is 6.05. The third-order valence-corrected chi connectivity index (χ3v) is 3.81. The van der Waals surface area contributed by atoms with E-state index in [1.165, 1.54) is 0 Å². The summed E-state index contributed by atoms with van der Waals surface area (Å²) in [7, 11) is 4.13. The molecular weight excluding hydrogens is 369 g/mol. The molecule has 0 amide bonds. The van der Waals surface area contributed by atoms with Crippen molar-refractivity contribution in [3.05, 3.63) is 72.4 Å². The molecule has 1 heterocycles. The highest BCUT2D eigenvalue weighted by atomic mass is 35.5. The van der Waals surface area contributed by atoms with Gasteiger partial charge in [-0.1, -0.05) is 60.7 Å². The number of halogens is 2. The van der Waals surface area contributed by atoms with Crippen LogP contribution in [0.2, 0.25) is 0 Å². The monoisotopic (exact) mass is 393 g/mol. The Hall–Kier alpha value is -2.01. The number of likely N-dealkylation sites (N-methyl/N-ethyl adjacent to an activating group) is 1. The Balaban J connectivity index is 0.00000169. The van der Waals surface area contributed by atoms with Crippen LogP contribution in [0.15, 0.2) is 66.9 Å². The lowest BCUT2D eigenvalue weighted by Crippen LogP contribution is -2.18. The molecule has 0 aliphatic heterocycles. The van der Waals surface area contributed by atoms with Gasteiger partial charge in [0.15, 0.2) is 0 Å². The Morgan fingerprint density at radius 1 is 0.923 bits per heavy atom.